The highest BCUT2D eigenvalue weighted by Crippen LogP contribution is 2.33. The maximum atomic E-state index is 12.7. The summed E-state index contributed by atoms with van der Waals surface area (Å²) in [5.41, 5.74) is -0.832. The van der Waals surface area contributed by atoms with Crippen LogP contribution in [0.2, 0.25) is 0 Å². The summed E-state index contributed by atoms with van der Waals surface area (Å²) in [6.45, 7) is 4.88. The lowest BCUT2D eigenvalue weighted by atomic mass is 10.00. The highest BCUT2D eigenvalue weighted by molar-refractivity contribution is 7.11. The number of carbonyl (C=O) groups excluding carboxylic acids is 1. The standard InChI is InChI=1S/C14H17NO4S/c1-4-9-11(10-6-5-7-20-10)12(16)15(8-19-9)14(2,3)13(17)18/h5-7H,4,8H2,1-3H3,(H,17,18). The fourth-order valence-electron chi connectivity index (χ4n) is 2.00. The van der Waals surface area contributed by atoms with Crippen molar-refractivity contribution in [3.05, 3.63) is 28.1 Å². The van der Waals surface area contributed by atoms with Gasteiger partial charge >= 0.3 is 5.97 Å². The third-order valence-electron chi connectivity index (χ3n) is 3.39. The Morgan fingerprint density at radius 1 is 1.55 bits per heavy atom. The first-order valence-electron chi connectivity index (χ1n) is 6.34. The van der Waals surface area contributed by atoms with Crippen LogP contribution in [0.1, 0.15) is 32.1 Å². The van der Waals surface area contributed by atoms with E-state index in [0.717, 1.165) is 4.88 Å². The van der Waals surface area contributed by atoms with Crippen LogP contribution in [-0.2, 0) is 14.3 Å². The number of nitrogens with zero attached hydrogens (tertiary/aromatic N) is 1. The number of hydrogen-bond acceptors (Lipinski definition) is 4. The average molecular weight is 295 g/mol. The minimum Gasteiger partial charge on any atom is -0.480 e. The fourth-order valence-corrected chi connectivity index (χ4v) is 2.78. The Hall–Kier alpha value is -1.82. The molecule has 0 radical (unpaired) electrons. The quantitative estimate of drug-likeness (QED) is 0.927. The lowest BCUT2D eigenvalue weighted by molar-refractivity contribution is -0.160. The topological polar surface area (TPSA) is 66.8 Å². The van der Waals surface area contributed by atoms with Gasteiger partial charge in [0.1, 0.15) is 11.3 Å². The molecular weight excluding hydrogens is 278 g/mol. The molecule has 0 bridgehead atoms. The Morgan fingerprint density at radius 3 is 2.75 bits per heavy atom. The van der Waals surface area contributed by atoms with Crippen LogP contribution in [-0.4, -0.2) is 34.2 Å². The normalized spacial score (nSPS) is 16.4. The second-order valence-electron chi connectivity index (χ2n) is 5.00. The Balaban J connectivity index is 2.45. The van der Waals surface area contributed by atoms with Crippen molar-refractivity contribution < 1.29 is 19.4 Å². The van der Waals surface area contributed by atoms with E-state index in [0.29, 0.717) is 17.8 Å². The van der Waals surface area contributed by atoms with Crippen LogP contribution < -0.4 is 0 Å². The molecule has 1 aromatic rings. The highest BCUT2D eigenvalue weighted by Gasteiger charge is 2.42. The number of ether oxygens (including phenoxy) is 1. The van der Waals surface area contributed by atoms with Gasteiger partial charge in [-0.2, -0.15) is 0 Å². The van der Waals surface area contributed by atoms with Gasteiger partial charge in [0.2, 0.25) is 0 Å². The summed E-state index contributed by atoms with van der Waals surface area (Å²) in [6, 6.07) is 3.70. The molecule has 1 amide bonds. The van der Waals surface area contributed by atoms with Gasteiger partial charge in [0.05, 0.1) is 5.57 Å². The van der Waals surface area contributed by atoms with E-state index in [9.17, 15) is 14.7 Å². The second kappa shape index (κ2) is 5.28. The van der Waals surface area contributed by atoms with E-state index in [4.69, 9.17) is 4.74 Å². The molecule has 0 fully saturated rings. The molecule has 2 heterocycles. The van der Waals surface area contributed by atoms with E-state index >= 15 is 0 Å². The van der Waals surface area contributed by atoms with Gasteiger partial charge in [-0.25, -0.2) is 4.79 Å². The van der Waals surface area contributed by atoms with E-state index in [1.54, 1.807) is 0 Å². The summed E-state index contributed by atoms with van der Waals surface area (Å²) in [7, 11) is 0. The molecule has 0 atom stereocenters. The maximum absolute atomic E-state index is 12.7. The van der Waals surface area contributed by atoms with Crippen molar-refractivity contribution >= 4 is 28.8 Å². The molecular formula is C14H17NO4S. The van der Waals surface area contributed by atoms with E-state index in [2.05, 4.69) is 0 Å². The van der Waals surface area contributed by atoms with Crippen LogP contribution in [0.5, 0.6) is 0 Å². The first-order valence-corrected chi connectivity index (χ1v) is 7.22. The molecule has 108 valence electrons. The molecule has 1 N–H and O–H groups in total. The van der Waals surface area contributed by atoms with Gasteiger partial charge in [0.25, 0.3) is 5.91 Å². The van der Waals surface area contributed by atoms with E-state index in [1.807, 2.05) is 24.4 Å². The van der Waals surface area contributed by atoms with Crippen molar-refractivity contribution in [1.82, 2.24) is 4.90 Å². The molecule has 6 heteroatoms. The fraction of sp³-hybridized carbons (Fsp3) is 0.429. The van der Waals surface area contributed by atoms with E-state index in [1.165, 1.54) is 30.1 Å². The number of carboxylic acid groups (broad SMARTS) is 1. The van der Waals surface area contributed by atoms with Crippen molar-refractivity contribution in [2.75, 3.05) is 6.73 Å². The minimum absolute atomic E-state index is 0.0316. The molecule has 1 aliphatic rings. The number of carboxylic acids is 1. The monoisotopic (exact) mass is 295 g/mol. The zero-order chi connectivity index (χ0) is 14.9. The Kier molecular flexibility index (Phi) is 3.85. The summed E-state index contributed by atoms with van der Waals surface area (Å²) < 4.78 is 5.61. The minimum atomic E-state index is -1.31. The first kappa shape index (κ1) is 14.6. The molecule has 1 aliphatic heterocycles. The van der Waals surface area contributed by atoms with Crippen LogP contribution in [0, 0.1) is 0 Å². The summed E-state index contributed by atoms with van der Waals surface area (Å²) >= 11 is 1.44. The molecule has 1 aromatic heterocycles. The zero-order valence-corrected chi connectivity index (χ0v) is 12.5. The van der Waals surface area contributed by atoms with Gasteiger partial charge in [-0.1, -0.05) is 13.0 Å². The number of amides is 1. The predicted molar refractivity (Wildman–Crippen MR) is 76.0 cm³/mol. The largest absolute Gasteiger partial charge is 0.480 e. The van der Waals surface area contributed by atoms with Crippen molar-refractivity contribution in [1.29, 1.82) is 0 Å². The molecule has 0 unspecified atom stereocenters. The first-order chi connectivity index (χ1) is 9.39. The summed E-state index contributed by atoms with van der Waals surface area (Å²) in [5, 5.41) is 11.2. The van der Waals surface area contributed by atoms with Crippen molar-refractivity contribution in [3.8, 4) is 0 Å². The van der Waals surface area contributed by atoms with Crippen LogP contribution in [0.3, 0.4) is 0 Å². The molecule has 0 spiro atoms. The SMILES string of the molecule is CCC1=C(c2cccs2)C(=O)N(C(C)(C)C(=O)O)CO1. The van der Waals surface area contributed by atoms with Crippen LogP contribution >= 0.6 is 11.3 Å². The molecule has 2 rings (SSSR count). The Morgan fingerprint density at radius 2 is 2.25 bits per heavy atom. The molecule has 5 nitrogen and oxygen atoms in total. The maximum Gasteiger partial charge on any atom is 0.329 e. The number of allylic oxidation sites excluding steroid dienone is 1. The van der Waals surface area contributed by atoms with E-state index in [-0.39, 0.29) is 12.6 Å². The van der Waals surface area contributed by atoms with Gasteiger partial charge in [-0.15, -0.1) is 11.3 Å². The van der Waals surface area contributed by atoms with E-state index < -0.39 is 11.5 Å². The van der Waals surface area contributed by atoms with Gasteiger partial charge in [0, 0.05) is 11.3 Å². The second-order valence-corrected chi connectivity index (χ2v) is 5.95. The molecule has 20 heavy (non-hydrogen) atoms. The molecule has 0 aromatic carbocycles. The number of carbonyl (C=O) groups is 2. The summed E-state index contributed by atoms with van der Waals surface area (Å²) in [5.74, 6) is -0.724. The van der Waals surface area contributed by atoms with Crippen molar-refractivity contribution in [2.45, 2.75) is 32.7 Å². The van der Waals surface area contributed by atoms with Gasteiger partial charge < -0.3 is 9.84 Å². The number of rotatable bonds is 4. The summed E-state index contributed by atoms with van der Waals surface area (Å²) in [4.78, 5) is 26.1. The molecule has 0 aliphatic carbocycles. The van der Waals surface area contributed by atoms with Gasteiger partial charge in [0.15, 0.2) is 6.73 Å². The van der Waals surface area contributed by atoms with Gasteiger partial charge in [-0.05, 0) is 25.3 Å². The van der Waals surface area contributed by atoms with Crippen molar-refractivity contribution in [2.24, 2.45) is 0 Å². The zero-order valence-electron chi connectivity index (χ0n) is 11.7. The number of thiophene rings is 1. The van der Waals surface area contributed by atoms with Crippen LogP contribution in [0.25, 0.3) is 5.57 Å². The smallest absolute Gasteiger partial charge is 0.329 e. The molecule has 0 saturated carbocycles. The third-order valence-corrected chi connectivity index (χ3v) is 4.28. The third kappa shape index (κ3) is 2.31. The lowest BCUT2D eigenvalue weighted by Gasteiger charge is -2.38. The Bertz CT molecular complexity index is 560. The number of aliphatic carboxylic acids is 1. The Labute approximate surface area is 121 Å². The number of hydrogen-bond donors (Lipinski definition) is 1. The predicted octanol–water partition coefficient (Wildman–Crippen LogP) is 2.55. The summed E-state index contributed by atoms with van der Waals surface area (Å²) in [6.07, 6.45) is 0.598. The highest BCUT2D eigenvalue weighted by atomic mass is 32.1. The molecule has 0 saturated heterocycles. The lowest BCUT2D eigenvalue weighted by Crippen LogP contribution is -2.55. The average Bonchev–Trinajstić information content (AvgIpc) is 2.91. The van der Waals surface area contributed by atoms with Crippen LogP contribution in [0.15, 0.2) is 23.3 Å². The van der Waals surface area contributed by atoms with Crippen molar-refractivity contribution in [3.63, 3.8) is 0 Å². The van der Waals surface area contributed by atoms with Gasteiger partial charge in [-0.3, -0.25) is 9.69 Å². The van der Waals surface area contributed by atoms with Crippen LogP contribution in [0.4, 0.5) is 0 Å².